The molecular formula is C35H38ClNO. The molecule has 0 atom stereocenters. The summed E-state index contributed by atoms with van der Waals surface area (Å²) in [6.07, 6.45) is 3.26. The first-order valence-electron chi connectivity index (χ1n) is 13.2. The molecule has 0 fully saturated rings. The molecule has 0 saturated carbocycles. The minimum Gasteiger partial charge on any atom is -0.507 e. The van der Waals surface area contributed by atoms with Crippen LogP contribution in [0.25, 0.3) is 0 Å². The highest BCUT2D eigenvalue weighted by molar-refractivity contribution is 6.30. The van der Waals surface area contributed by atoms with Crippen LogP contribution in [0.2, 0.25) is 5.02 Å². The normalized spacial score (nSPS) is 12.3. The van der Waals surface area contributed by atoms with Crippen molar-refractivity contribution < 1.29 is 5.11 Å². The van der Waals surface area contributed by atoms with Crippen molar-refractivity contribution in [3.8, 4) is 5.75 Å². The van der Waals surface area contributed by atoms with Gasteiger partial charge in [0.2, 0.25) is 0 Å². The molecule has 0 aliphatic rings. The Hall–Kier alpha value is -3.36. The minimum atomic E-state index is -0.203. The van der Waals surface area contributed by atoms with Crippen molar-refractivity contribution in [3.05, 3.63) is 129 Å². The van der Waals surface area contributed by atoms with Crippen LogP contribution in [0.4, 0.5) is 5.69 Å². The van der Waals surface area contributed by atoms with E-state index in [-0.39, 0.29) is 16.6 Å². The highest BCUT2D eigenvalue weighted by atomic mass is 35.5. The maximum absolute atomic E-state index is 11.3. The molecule has 0 aromatic heterocycles. The zero-order valence-electron chi connectivity index (χ0n) is 23.3. The summed E-state index contributed by atoms with van der Waals surface area (Å²) in [5.41, 5.74) is 7.99. The van der Waals surface area contributed by atoms with Crippen molar-refractivity contribution in [2.45, 2.75) is 65.2 Å². The predicted molar refractivity (Wildman–Crippen MR) is 163 cm³/mol. The van der Waals surface area contributed by atoms with Crippen LogP contribution in [-0.4, -0.2) is 11.3 Å². The standard InChI is InChI=1S/C35H38ClNO/c1-34(2,3)29-19-28(33(38)31(22-29)35(4,5)6)23-37-32-26(17-24-13-9-7-10-14-24)20-30(36)21-27(32)18-25-15-11-8-12-16-25/h7-16,19-23,38H,17-18H2,1-6H3. The third-order valence-electron chi connectivity index (χ3n) is 6.85. The second kappa shape index (κ2) is 11.2. The molecule has 38 heavy (non-hydrogen) atoms. The van der Waals surface area contributed by atoms with E-state index in [1.807, 2.05) is 30.5 Å². The second-order valence-electron chi connectivity index (χ2n) is 12.1. The number of halogens is 1. The average molecular weight is 524 g/mol. The van der Waals surface area contributed by atoms with E-state index in [9.17, 15) is 5.11 Å². The van der Waals surface area contributed by atoms with Gasteiger partial charge in [-0.1, -0.05) is 120 Å². The van der Waals surface area contributed by atoms with Gasteiger partial charge in [-0.05, 0) is 69.7 Å². The second-order valence-corrected chi connectivity index (χ2v) is 12.6. The van der Waals surface area contributed by atoms with Crippen molar-refractivity contribution in [1.82, 2.24) is 0 Å². The Morgan fingerprint density at radius 1 is 0.711 bits per heavy atom. The van der Waals surface area contributed by atoms with Crippen molar-refractivity contribution in [3.63, 3.8) is 0 Å². The van der Waals surface area contributed by atoms with Crippen molar-refractivity contribution >= 4 is 23.5 Å². The molecule has 0 bridgehead atoms. The van der Waals surface area contributed by atoms with Crippen LogP contribution in [0.5, 0.6) is 5.75 Å². The number of phenols is 1. The van der Waals surface area contributed by atoms with Crippen LogP contribution >= 0.6 is 11.6 Å². The van der Waals surface area contributed by atoms with Crippen molar-refractivity contribution in [1.29, 1.82) is 0 Å². The van der Waals surface area contributed by atoms with Crippen LogP contribution in [0.15, 0.2) is 89.9 Å². The highest BCUT2D eigenvalue weighted by Gasteiger charge is 2.24. The van der Waals surface area contributed by atoms with Gasteiger partial charge in [0, 0.05) is 22.4 Å². The first-order chi connectivity index (χ1) is 17.9. The number of hydrogen-bond donors (Lipinski definition) is 1. The van der Waals surface area contributed by atoms with E-state index in [4.69, 9.17) is 16.6 Å². The van der Waals surface area contributed by atoms with Crippen LogP contribution in [0, 0.1) is 0 Å². The van der Waals surface area contributed by atoms with Gasteiger partial charge in [-0.3, -0.25) is 4.99 Å². The average Bonchev–Trinajstić information content (AvgIpc) is 2.84. The summed E-state index contributed by atoms with van der Waals surface area (Å²) >= 11 is 6.65. The Morgan fingerprint density at radius 2 is 1.21 bits per heavy atom. The maximum atomic E-state index is 11.3. The number of aromatic hydroxyl groups is 1. The zero-order valence-corrected chi connectivity index (χ0v) is 24.1. The van der Waals surface area contributed by atoms with Gasteiger partial charge in [0.1, 0.15) is 5.75 Å². The maximum Gasteiger partial charge on any atom is 0.128 e. The van der Waals surface area contributed by atoms with Crippen LogP contribution in [0.1, 0.15) is 80.5 Å². The summed E-state index contributed by atoms with van der Waals surface area (Å²) in [5, 5.41) is 12.0. The Balaban J connectivity index is 1.87. The Kier molecular flexibility index (Phi) is 8.13. The van der Waals surface area contributed by atoms with Gasteiger partial charge in [0.25, 0.3) is 0 Å². The zero-order chi connectivity index (χ0) is 27.5. The van der Waals surface area contributed by atoms with Crippen LogP contribution in [-0.2, 0) is 23.7 Å². The molecule has 0 spiro atoms. The number of hydrogen-bond acceptors (Lipinski definition) is 2. The topological polar surface area (TPSA) is 32.6 Å². The number of benzene rings is 4. The molecule has 4 rings (SSSR count). The minimum absolute atomic E-state index is 0.0620. The highest BCUT2D eigenvalue weighted by Crippen LogP contribution is 2.38. The number of rotatable bonds is 6. The van der Waals surface area contributed by atoms with E-state index < -0.39 is 0 Å². The molecular weight excluding hydrogens is 486 g/mol. The quantitative estimate of drug-likeness (QED) is 0.251. The van der Waals surface area contributed by atoms with E-state index >= 15 is 0 Å². The summed E-state index contributed by atoms with van der Waals surface area (Å²) in [7, 11) is 0. The van der Waals surface area contributed by atoms with E-state index in [1.54, 1.807) is 0 Å². The molecule has 0 aliphatic heterocycles. The molecule has 2 nitrogen and oxygen atoms in total. The molecule has 0 heterocycles. The number of phenolic OH excluding ortho intramolecular Hbond substituents is 1. The molecule has 4 aromatic carbocycles. The van der Waals surface area contributed by atoms with Crippen LogP contribution < -0.4 is 0 Å². The number of nitrogens with zero attached hydrogens (tertiary/aromatic N) is 1. The van der Waals surface area contributed by atoms with Crippen molar-refractivity contribution in [2.75, 3.05) is 0 Å². The van der Waals surface area contributed by atoms with Crippen molar-refractivity contribution in [2.24, 2.45) is 4.99 Å². The molecule has 196 valence electrons. The fourth-order valence-corrected chi connectivity index (χ4v) is 4.94. The molecule has 1 N–H and O–H groups in total. The molecule has 3 heteroatoms. The Bertz CT molecular complexity index is 1360. The van der Waals surface area contributed by atoms with E-state index in [1.165, 1.54) is 16.7 Å². The molecule has 4 aromatic rings. The summed E-state index contributed by atoms with van der Waals surface area (Å²) in [4.78, 5) is 5.07. The Morgan fingerprint density at radius 3 is 1.66 bits per heavy atom. The molecule has 0 aliphatic carbocycles. The molecule has 0 amide bonds. The van der Waals surface area contributed by atoms with E-state index in [0.29, 0.717) is 5.02 Å². The fraction of sp³-hybridized carbons (Fsp3) is 0.286. The van der Waals surface area contributed by atoms with Gasteiger partial charge in [0.15, 0.2) is 0 Å². The fourth-order valence-electron chi connectivity index (χ4n) is 4.68. The summed E-state index contributed by atoms with van der Waals surface area (Å²) in [6, 6.07) is 29.0. The lowest BCUT2D eigenvalue weighted by Gasteiger charge is -2.27. The first-order valence-corrected chi connectivity index (χ1v) is 13.6. The smallest absolute Gasteiger partial charge is 0.128 e. The Labute approximate surface area is 233 Å². The van der Waals surface area contributed by atoms with Gasteiger partial charge in [-0.15, -0.1) is 0 Å². The monoisotopic (exact) mass is 523 g/mol. The largest absolute Gasteiger partial charge is 0.507 e. The van der Waals surface area contributed by atoms with E-state index in [2.05, 4.69) is 102 Å². The lowest BCUT2D eigenvalue weighted by molar-refractivity contribution is 0.444. The van der Waals surface area contributed by atoms with E-state index in [0.717, 1.165) is 40.8 Å². The summed E-state index contributed by atoms with van der Waals surface area (Å²) in [5.74, 6) is 0.289. The first kappa shape index (κ1) is 27.7. The van der Waals surface area contributed by atoms with Gasteiger partial charge in [0.05, 0.1) is 5.69 Å². The lowest BCUT2D eigenvalue weighted by atomic mass is 9.79. The van der Waals surface area contributed by atoms with Gasteiger partial charge >= 0.3 is 0 Å². The predicted octanol–water partition coefficient (Wildman–Crippen LogP) is 9.57. The van der Waals surface area contributed by atoms with Gasteiger partial charge in [-0.25, -0.2) is 0 Å². The third kappa shape index (κ3) is 6.74. The van der Waals surface area contributed by atoms with Gasteiger partial charge in [-0.2, -0.15) is 0 Å². The molecule has 0 unspecified atom stereocenters. The SMILES string of the molecule is CC(C)(C)c1cc(C=Nc2c(Cc3ccccc3)cc(Cl)cc2Cc2ccccc2)c(O)c(C(C)(C)C)c1. The van der Waals surface area contributed by atoms with Gasteiger partial charge < -0.3 is 5.11 Å². The summed E-state index contributed by atoms with van der Waals surface area (Å²) in [6.45, 7) is 13.0. The molecule has 0 saturated heterocycles. The third-order valence-corrected chi connectivity index (χ3v) is 7.07. The molecule has 0 radical (unpaired) electrons. The van der Waals surface area contributed by atoms with Crippen LogP contribution in [0.3, 0.4) is 0 Å². The lowest BCUT2D eigenvalue weighted by Crippen LogP contribution is -2.17. The number of aliphatic imine (C=N–C) groups is 1. The summed E-state index contributed by atoms with van der Waals surface area (Å²) < 4.78 is 0.